The maximum atomic E-state index is 9.70. The summed E-state index contributed by atoms with van der Waals surface area (Å²) in [7, 11) is 0. The highest BCUT2D eigenvalue weighted by atomic mass is 14.3. The lowest BCUT2D eigenvalue weighted by Gasteiger charge is -2.12. The average molecular weight is 369 g/mol. The molecule has 0 aliphatic carbocycles. The molecule has 0 N–H and O–H groups in total. The molecule has 0 aliphatic rings. The smallest absolute Gasteiger partial charge is 0.0998 e. The molecule has 0 aliphatic heterocycles. The Morgan fingerprint density at radius 2 is 1.04 bits per heavy atom. The number of rotatable bonds is 8. The number of hydrogen-bond acceptors (Lipinski definition) is 2. The zero-order chi connectivity index (χ0) is 19.9. The molecule has 0 bridgehead atoms. The van der Waals surface area contributed by atoms with E-state index in [4.69, 9.17) is 0 Å². The molecule has 0 fully saturated rings. The van der Waals surface area contributed by atoms with Crippen LogP contribution in [0.5, 0.6) is 0 Å². The summed E-state index contributed by atoms with van der Waals surface area (Å²) in [6.07, 6.45) is 9.06. The number of unbranched alkanes of at least 4 members (excludes halogenated alkanes) is 4. The van der Waals surface area contributed by atoms with E-state index in [-0.39, 0.29) is 0 Å². The van der Waals surface area contributed by atoms with E-state index in [1.54, 1.807) is 0 Å². The van der Waals surface area contributed by atoms with Crippen LogP contribution in [0, 0.1) is 22.7 Å². The molecule has 2 nitrogen and oxygen atoms in total. The summed E-state index contributed by atoms with van der Waals surface area (Å²) >= 11 is 0. The van der Waals surface area contributed by atoms with Gasteiger partial charge in [0, 0.05) is 10.8 Å². The van der Waals surface area contributed by atoms with Crippen LogP contribution in [0.15, 0.2) is 36.4 Å². The summed E-state index contributed by atoms with van der Waals surface area (Å²) in [5.41, 5.74) is 3.92. The molecule has 0 saturated heterocycles. The Morgan fingerprint density at radius 3 is 1.39 bits per heavy atom. The van der Waals surface area contributed by atoms with Crippen LogP contribution in [-0.2, 0) is 12.8 Å². The maximum absolute atomic E-state index is 9.70. The lowest BCUT2D eigenvalue weighted by Crippen LogP contribution is -1.93. The molecule has 0 atom stereocenters. The topological polar surface area (TPSA) is 47.6 Å². The van der Waals surface area contributed by atoms with Gasteiger partial charge in [0.2, 0.25) is 0 Å². The van der Waals surface area contributed by atoms with Crippen molar-refractivity contribution in [2.75, 3.05) is 0 Å². The molecule has 3 rings (SSSR count). The highest BCUT2D eigenvalue weighted by molar-refractivity contribution is 6.11. The van der Waals surface area contributed by atoms with Gasteiger partial charge >= 0.3 is 0 Å². The van der Waals surface area contributed by atoms with E-state index in [0.29, 0.717) is 0 Å². The average Bonchev–Trinajstić information content (AvgIpc) is 2.72. The fraction of sp³-hybridized carbons (Fsp3) is 0.385. The minimum Gasteiger partial charge on any atom is -0.192 e. The van der Waals surface area contributed by atoms with E-state index in [1.807, 2.05) is 24.3 Å². The summed E-state index contributed by atoms with van der Waals surface area (Å²) < 4.78 is 0. The van der Waals surface area contributed by atoms with E-state index < -0.39 is 0 Å². The van der Waals surface area contributed by atoms with Crippen LogP contribution in [-0.4, -0.2) is 0 Å². The lowest BCUT2D eigenvalue weighted by molar-refractivity contribution is 0.717. The Hall–Kier alpha value is -2.84. The van der Waals surface area contributed by atoms with E-state index in [0.717, 1.165) is 58.4 Å². The zero-order valence-electron chi connectivity index (χ0n) is 17.0. The molecule has 3 aromatic rings. The van der Waals surface area contributed by atoms with Gasteiger partial charge in [-0.3, -0.25) is 0 Å². The molecule has 28 heavy (non-hydrogen) atoms. The highest BCUT2D eigenvalue weighted by Gasteiger charge is 2.11. The van der Waals surface area contributed by atoms with Crippen LogP contribution in [0.1, 0.15) is 74.6 Å². The fourth-order valence-corrected chi connectivity index (χ4v) is 4.03. The molecule has 142 valence electrons. The first-order valence-corrected chi connectivity index (χ1v) is 10.5. The van der Waals surface area contributed by atoms with Gasteiger partial charge in [-0.1, -0.05) is 63.8 Å². The van der Waals surface area contributed by atoms with E-state index in [1.165, 1.54) is 36.8 Å². The third-order valence-corrected chi connectivity index (χ3v) is 5.57. The Balaban J connectivity index is 2.19. The van der Waals surface area contributed by atoms with E-state index >= 15 is 0 Å². The van der Waals surface area contributed by atoms with Crippen LogP contribution in [0.4, 0.5) is 0 Å². The van der Waals surface area contributed by atoms with E-state index in [9.17, 15) is 10.5 Å². The molecular weight excluding hydrogens is 340 g/mol. The second-order valence-corrected chi connectivity index (χ2v) is 7.68. The molecule has 0 saturated carbocycles. The van der Waals surface area contributed by atoms with Gasteiger partial charge in [0.1, 0.15) is 0 Å². The SMILES string of the molecule is CCCCCc1cc(C#N)c2ccc3c(C#N)cc(CCCCC)cc3c2c1. The van der Waals surface area contributed by atoms with Gasteiger partial charge in [-0.05, 0) is 59.7 Å². The number of hydrogen-bond donors (Lipinski definition) is 0. The number of aryl methyl sites for hydroxylation is 2. The zero-order valence-corrected chi connectivity index (χ0v) is 17.0. The van der Waals surface area contributed by atoms with Gasteiger partial charge in [0.25, 0.3) is 0 Å². The molecule has 3 aromatic carbocycles. The van der Waals surface area contributed by atoms with Crippen molar-refractivity contribution in [1.29, 1.82) is 10.5 Å². The van der Waals surface area contributed by atoms with Gasteiger partial charge < -0.3 is 0 Å². The minimum atomic E-state index is 0.737. The largest absolute Gasteiger partial charge is 0.192 e. The van der Waals surface area contributed by atoms with Crippen LogP contribution in [0.3, 0.4) is 0 Å². The Labute approximate surface area is 168 Å². The van der Waals surface area contributed by atoms with Crippen molar-refractivity contribution in [3.8, 4) is 12.1 Å². The van der Waals surface area contributed by atoms with Gasteiger partial charge in [-0.2, -0.15) is 10.5 Å². The van der Waals surface area contributed by atoms with Crippen molar-refractivity contribution in [1.82, 2.24) is 0 Å². The first kappa shape index (κ1) is 19.9. The molecule has 0 unspecified atom stereocenters. The first-order chi connectivity index (χ1) is 13.7. The molecule has 0 spiro atoms. The summed E-state index contributed by atoms with van der Waals surface area (Å²) in [4.78, 5) is 0. The van der Waals surface area contributed by atoms with Crippen molar-refractivity contribution in [3.05, 3.63) is 58.7 Å². The molecule has 2 heteroatoms. The van der Waals surface area contributed by atoms with Crippen LogP contribution >= 0.6 is 0 Å². The van der Waals surface area contributed by atoms with Gasteiger partial charge in [-0.25, -0.2) is 0 Å². The highest BCUT2D eigenvalue weighted by Crippen LogP contribution is 2.32. The van der Waals surface area contributed by atoms with Crippen LogP contribution < -0.4 is 0 Å². The van der Waals surface area contributed by atoms with Crippen LogP contribution in [0.25, 0.3) is 21.5 Å². The molecule has 0 radical (unpaired) electrons. The van der Waals surface area contributed by atoms with Crippen molar-refractivity contribution in [2.24, 2.45) is 0 Å². The fourth-order valence-electron chi connectivity index (χ4n) is 4.03. The molecule has 0 heterocycles. The van der Waals surface area contributed by atoms with Crippen molar-refractivity contribution in [3.63, 3.8) is 0 Å². The molecule has 0 aromatic heterocycles. The number of fused-ring (bicyclic) bond motifs is 3. The normalized spacial score (nSPS) is 10.9. The van der Waals surface area contributed by atoms with E-state index in [2.05, 4.69) is 38.1 Å². The summed E-state index contributed by atoms with van der Waals surface area (Å²) in [6, 6.07) is 17.3. The third-order valence-electron chi connectivity index (χ3n) is 5.57. The van der Waals surface area contributed by atoms with Gasteiger partial charge in [0.15, 0.2) is 0 Å². The second-order valence-electron chi connectivity index (χ2n) is 7.68. The van der Waals surface area contributed by atoms with Crippen molar-refractivity contribution < 1.29 is 0 Å². The van der Waals surface area contributed by atoms with Crippen LogP contribution in [0.2, 0.25) is 0 Å². The molecular formula is C26H28N2. The Bertz CT molecular complexity index is 977. The first-order valence-electron chi connectivity index (χ1n) is 10.5. The second kappa shape index (κ2) is 9.38. The maximum Gasteiger partial charge on any atom is 0.0998 e. The number of nitrogens with zero attached hydrogens (tertiary/aromatic N) is 2. The third kappa shape index (κ3) is 4.18. The van der Waals surface area contributed by atoms with Gasteiger partial charge in [0.05, 0.1) is 23.3 Å². The lowest BCUT2D eigenvalue weighted by atomic mass is 9.91. The number of nitriles is 2. The van der Waals surface area contributed by atoms with Crippen molar-refractivity contribution >= 4 is 21.5 Å². The van der Waals surface area contributed by atoms with Gasteiger partial charge in [-0.15, -0.1) is 0 Å². The summed E-state index contributed by atoms with van der Waals surface area (Å²) in [5, 5.41) is 23.6. The Morgan fingerprint density at radius 1 is 0.607 bits per heavy atom. The van der Waals surface area contributed by atoms with Crippen molar-refractivity contribution in [2.45, 2.75) is 65.2 Å². The standard InChI is InChI=1S/C26H28N2/c1-3-5-7-9-19-13-21(17-27)23-11-12-24-22(18-28)14-20(10-8-6-4-2)16-26(24)25(23)15-19/h11-16H,3-10H2,1-2H3. The monoisotopic (exact) mass is 368 g/mol. The predicted molar refractivity (Wildman–Crippen MR) is 117 cm³/mol. The summed E-state index contributed by atoms with van der Waals surface area (Å²) in [5.74, 6) is 0. The molecule has 0 amide bonds. The minimum absolute atomic E-state index is 0.737. The Kier molecular flexibility index (Phi) is 6.67. The number of benzene rings is 3. The summed E-state index contributed by atoms with van der Waals surface area (Å²) in [6.45, 7) is 4.41. The quantitative estimate of drug-likeness (QED) is 0.312. The predicted octanol–water partition coefficient (Wildman–Crippen LogP) is 7.20.